The maximum atomic E-state index is 14.3. The molecule has 6 heterocycles. The van der Waals surface area contributed by atoms with Crippen molar-refractivity contribution in [1.29, 1.82) is 0 Å². The number of rotatable bonds is 6. The van der Waals surface area contributed by atoms with Crippen LogP contribution in [-0.4, -0.2) is 127 Å². The number of benzene rings is 2. The highest BCUT2D eigenvalue weighted by Gasteiger charge is 2.33. The molecule has 0 bridgehead atoms. The number of nitrogen functional groups attached to an aromatic ring is 4. The van der Waals surface area contributed by atoms with Crippen molar-refractivity contribution < 1.29 is 8.78 Å². The smallest absolute Gasteiger partial charge is 0.147 e. The van der Waals surface area contributed by atoms with Gasteiger partial charge in [0.15, 0.2) is 0 Å². The van der Waals surface area contributed by atoms with Crippen molar-refractivity contribution in [1.82, 2.24) is 48.7 Å². The van der Waals surface area contributed by atoms with Crippen molar-refractivity contribution >= 4 is 61.0 Å². The lowest BCUT2D eigenvalue weighted by Crippen LogP contribution is -2.49. The van der Waals surface area contributed by atoms with Crippen LogP contribution in [0, 0.1) is 11.6 Å². The molecule has 8 N–H and O–H groups in total. The van der Waals surface area contributed by atoms with Gasteiger partial charge in [0.05, 0.1) is 26.8 Å². The third-order valence-electron chi connectivity index (χ3n) is 14.2. The van der Waals surface area contributed by atoms with Gasteiger partial charge in [-0.15, -0.1) is 0 Å². The highest BCUT2D eigenvalue weighted by Crippen LogP contribution is 2.45. The van der Waals surface area contributed by atoms with Crippen molar-refractivity contribution in [2.45, 2.75) is 75.5 Å². The SMILES string of the molecule is CN1CCN(C2CCC(n3c(Br)c(-c4ccc(N)c(F)c4)c4c(N)ncnc43)CC2)CC1.CN1CCN(C2CCC(n3cc(-c4ccc(N)c(F)c4)c4c(N)ncnc43)CC2)CC1. The van der Waals surface area contributed by atoms with Gasteiger partial charge in [0.2, 0.25) is 0 Å². The van der Waals surface area contributed by atoms with E-state index in [1.165, 1.54) is 37.6 Å². The second-order valence-corrected chi connectivity index (χ2v) is 18.7. The monoisotopic (exact) mass is 924 g/mol. The third kappa shape index (κ3) is 8.69. The summed E-state index contributed by atoms with van der Waals surface area (Å²) in [5.74, 6) is -0.0603. The molecule has 10 rings (SSSR count). The molecule has 4 aliphatic rings. The van der Waals surface area contributed by atoms with E-state index < -0.39 is 11.6 Å². The fourth-order valence-corrected chi connectivity index (χ4v) is 11.4. The molecule has 334 valence electrons. The molecular formula is C46H59BrF2N14. The molecule has 0 unspecified atom stereocenters. The zero-order valence-corrected chi connectivity index (χ0v) is 37.8. The molecule has 0 amide bonds. The molecule has 2 saturated heterocycles. The first-order chi connectivity index (χ1) is 30.4. The Morgan fingerprint density at radius 1 is 0.556 bits per heavy atom. The first kappa shape index (κ1) is 43.3. The number of likely N-dealkylation sites (N-methyl/N-ethyl adjacent to an activating group) is 2. The van der Waals surface area contributed by atoms with Crippen LogP contribution >= 0.6 is 15.9 Å². The summed E-state index contributed by atoms with van der Waals surface area (Å²) < 4.78 is 33.8. The summed E-state index contributed by atoms with van der Waals surface area (Å²) in [6, 6.07) is 11.7. The maximum Gasteiger partial charge on any atom is 0.147 e. The standard InChI is InChI=1S/C23H29BrFN7.C23H30FN7/c1-30-8-10-31(11-9-30)15-3-5-16(6-4-15)32-21(24)19(14-2-7-18(26)17(25)12-14)20-22(27)28-13-29-23(20)32;1-29-8-10-30(11-9-29)16-3-5-17(6-4-16)31-13-18(15-2-7-20(25)19(24)12-15)21-22(26)27-14-28-23(21)31/h2,7,12-13,15-16H,3-6,8-11,26H2,1H3,(H2,27,28,29);2,7,12-14,16-17H,3-6,8-11,25H2,1H3,(H2,26,27,28). The Kier molecular flexibility index (Phi) is 12.6. The molecule has 0 radical (unpaired) electrons. The first-order valence-corrected chi connectivity index (χ1v) is 23.1. The quantitative estimate of drug-likeness (QED) is 0.126. The second-order valence-electron chi connectivity index (χ2n) is 18.0. The van der Waals surface area contributed by atoms with Gasteiger partial charge in [0.25, 0.3) is 0 Å². The second kappa shape index (κ2) is 18.3. The molecule has 17 heteroatoms. The summed E-state index contributed by atoms with van der Waals surface area (Å²) >= 11 is 3.81. The van der Waals surface area contributed by atoms with Gasteiger partial charge >= 0.3 is 0 Å². The van der Waals surface area contributed by atoms with Gasteiger partial charge in [-0.2, -0.15) is 0 Å². The Hall–Kier alpha value is -4.94. The summed E-state index contributed by atoms with van der Waals surface area (Å²) in [5.41, 5.74) is 28.9. The Bertz CT molecular complexity index is 2560. The molecule has 63 heavy (non-hydrogen) atoms. The molecule has 4 fully saturated rings. The number of fused-ring (bicyclic) bond motifs is 2. The summed E-state index contributed by atoms with van der Waals surface area (Å²) in [4.78, 5) is 27.7. The highest BCUT2D eigenvalue weighted by molar-refractivity contribution is 9.10. The van der Waals surface area contributed by atoms with Crippen molar-refractivity contribution in [2.75, 3.05) is 89.4 Å². The molecular weight excluding hydrogens is 867 g/mol. The number of hydrogen-bond acceptors (Lipinski definition) is 12. The molecule has 2 aromatic carbocycles. The van der Waals surface area contributed by atoms with E-state index in [1.807, 2.05) is 12.1 Å². The predicted octanol–water partition coefficient (Wildman–Crippen LogP) is 7.03. The minimum atomic E-state index is -0.446. The zero-order chi connectivity index (χ0) is 43.9. The van der Waals surface area contributed by atoms with Crippen LogP contribution in [0.15, 0.2) is 59.9 Å². The van der Waals surface area contributed by atoms with Crippen LogP contribution < -0.4 is 22.9 Å². The molecule has 2 saturated carbocycles. The fourth-order valence-electron chi connectivity index (χ4n) is 10.5. The van der Waals surface area contributed by atoms with Crippen LogP contribution in [0.2, 0.25) is 0 Å². The Morgan fingerprint density at radius 3 is 1.56 bits per heavy atom. The summed E-state index contributed by atoms with van der Waals surface area (Å²) in [6.45, 7) is 9.22. The van der Waals surface area contributed by atoms with E-state index in [0.717, 1.165) is 134 Å². The van der Waals surface area contributed by atoms with Gasteiger partial charge in [-0.05, 0) is 117 Å². The van der Waals surface area contributed by atoms with Gasteiger partial charge in [0, 0.05) is 93.8 Å². The average molecular weight is 926 g/mol. The third-order valence-corrected chi connectivity index (χ3v) is 15.0. The lowest BCUT2D eigenvalue weighted by atomic mass is 9.89. The number of hydrogen-bond donors (Lipinski definition) is 4. The Labute approximate surface area is 375 Å². The molecule has 0 atom stereocenters. The number of halogens is 3. The van der Waals surface area contributed by atoms with E-state index in [-0.39, 0.29) is 11.4 Å². The number of aromatic nitrogens is 6. The van der Waals surface area contributed by atoms with E-state index in [4.69, 9.17) is 22.9 Å². The normalized spacial score (nSPS) is 23.3. The van der Waals surface area contributed by atoms with Gasteiger partial charge in [0.1, 0.15) is 47.2 Å². The Morgan fingerprint density at radius 2 is 1.02 bits per heavy atom. The fraction of sp³-hybridized carbons (Fsp3) is 0.478. The molecule has 14 nitrogen and oxygen atoms in total. The molecule has 6 aromatic rings. The van der Waals surface area contributed by atoms with Crippen molar-refractivity contribution in [2.24, 2.45) is 0 Å². The summed E-state index contributed by atoms with van der Waals surface area (Å²) in [5, 5.41) is 1.54. The van der Waals surface area contributed by atoms with Crippen LogP contribution in [0.25, 0.3) is 44.3 Å². The lowest BCUT2D eigenvalue weighted by molar-refractivity contribution is 0.0826. The minimum absolute atomic E-state index is 0.125. The van der Waals surface area contributed by atoms with E-state index in [0.29, 0.717) is 41.4 Å². The average Bonchev–Trinajstić information content (AvgIpc) is 3.83. The van der Waals surface area contributed by atoms with Crippen molar-refractivity contribution in [3.8, 4) is 22.3 Å². The zero-order valence-electron chi connectivity index (χ0n) is 36.2. The van der Waals surface area contributed by atoms with Gasteiger partial charge in [-0.25, -0.2) is 28.7 Å². The number of nitrogens with zero attached hydrogens (tertiary/aromatic N) is 10. The lowest BCUT2D eigenvalue weighted by Gasteiger charge is -2.41. The van der Waals surface area contributed by atoms with Crippen LogP contribution in [-0.2, 0) is 0 Å². The molecule has 2 aliphatic carbocycles. The largest absolute Gasteiger partial charge is 0.396 e. The first-order valence-electron chi connectivity index (χ1n) is 22.3. The predicted molar refractivity (Wildman–Crippen MR) is 252 cm³/mol. The van der Waals surface area contributed by atoms with Crippen LogP contribution in [0.1, 0.15) is 63.5 Å². The summed E-state index contributed by atoms with van der Waals surface area (Å²) in [6.07, 6.45) is 14.1. The molecule has 2 aliphatic heterocycles. The maximum absolute atomic E-state index is 14.3. The molecule has 0 spiro atoms. The van der Waals surface area contributed by atoms with Crippen molar-refractivity contribution in [3.63, 3.8) is 0 Å². The van der Waals surface area contributed by atoms with Gasteiger partial charge in [-0.3, -0.25) is 9.80 Å². The van der Waals surface area contributed by atoms with E-state index in [2.05, 4.69) is 84.9 Å². The van der Waals surface area contributed by atoms with Gasteiger partial charge < -0.3 is 41.9 Å². The minimum Gasteiger partial charge on any atom is -0.396 e. The Balaban J connectivity index is 0.000000160. The summed E-state index contributed by atoms with van der Waals surface area (Å²) in [7, 11) is 4.39. The van der Waals surface area contributed by atoms with Crippen LogP contribution in [0.4, 0.5) is 31.8 Å². The highest BCUT2D eigenvalue weighted by atomic mass is 79.9. The van der Waals surface area contributed by atoms with Crippen LogP contribution in [0.5, 0.6) is 0 Å². The van der Waals surface area contributed by atoms with Crippen LogP contribution in [0.3, 0.4) is 0 Å². The topological polar surface area (TPSA) is 178 Å². The number of piperazine rings is 2. The van der Waals surface area contributed by atoms with E-state index in [9.17, 15) is 8.78 Å². The van der Waals surface area contributed by atoms with E-state index >= 15 is 0 Å². The van der Waals surface area contributed by atoms with E-state index in [1.54, 1.807) is 12.1 Å². The van der Waals surface area contributed by atoms with Gasteiger partial charge in [-0.1, -0.05) is 12.1 Å². The number of anilines is 4. The van der Waals surface area contributed by atoms with Crippen molar-refractivity contribution in [3.05, 3.63) is 71.5 Å². The molecule has 4 aromatic heterocycles. The number of nitrogens with two attached hydrogens (primary N) is 4.